The van der Waals surface area contributed by atoms with Gasteiger partial charge in [-0.05, 0) is 44.3 Å². The van der Waals surface area contributed by atoms with Gasteiger partial charge in [-0.25, -0.2) is 0 Å². The summed E-state index contributed by atoms with van der Waals surface area (Å²) in [5.41, 5.74) is 0.905. The molecule has 1 aliphatic rings. The average molecular weight is 282 g/mol. The number of fused-ring (bicyclic) bond motifs is 1. The number of nitrogens with zero attached hydrogens (tertiary/aromatic N) is 1. The monoisotopic (exact) mass is 282 g/mol. The topological polar surface area (TPSA) is 32.3 Å². The number of hydrogen-bond donors (Lipinski definition) is 1. The minimum Gasteiger partial charge on any atom is -0.324 e. The lowest BCUT2D eigenvalue weighted by Crippen LogP contribution is -2.44. The molecule has 3 nitrogen and oxygen atoms in total. The minimum atomic E-state index is -0.0655. The van der Waals surface area contributed by atoms with Crippen LogP contribution < -0.4 is 5.32 Å². The number of anilines is 1. The lowest BCUT2D eigenvalue weighted by Gasteiger charge is -2.31. The highest BCUT2D eigenvalue weighted by molar-refractivity contribution is 6.03. The second-order valence-corrected chi connectivity index (χ2v) is 5.79. The van der Waals surface area contributed by atoms with Gasteiger partial charge in [0.15, 0.2) is 0 Å². The quantitative estimate of drug-likeness (QED) is 0.932. The SMILES string of the molecule is CC(C(=O)Nc1cccc2ccccc12)N1CCCCC1. The fourth-order valence-corrected chi connectivity index (χ4v) is 3.04. The van der Waals surface area contributed by atoms with Crippen LogP contribution in [0.1, 0.15) is 26.2 Å². The number of carbonyl (C=O) groups is 1. The molecule has 2 aromatic carbocycles. The van der Waals surface area contributed by atoms with Gasteiger partial charge in [-0.15, -0.1) is 0 Å². The van der Waals surface area contributed by atoms with Gasteiger partial charge >= 0.3 is 0 Å². The molecule has 0 saturated carbocycles. The Morgan fingerprint density at radius 2 is 1.76 bits per heavy atom. The van der Waals surface area contributed by atoms with Gasteiger partial charge in [0.05, 0.1) is 6.04 Å². The first-order valence-electron chi connectivity index (χ1n) is 7.78. The van der Waals surface area contributed by atoms with Crippen LogP contribution in [0.3, 0.4) is 0 Å². The Balaban J connectivity index is 1.76. The molecule has 3 rings (SSSR count). The Hall–Kier alpha value is -1.87. The molecule has 1 amide bonds. The minimum absolute atomic E-state index is 0.0655. The van der Waals surface area contributed by atoms with Crippen LogP contribution in [-0.4, -0.2) is 29.9 Å². The molecular weight excluding hydrogens is 260 g/mol. The fraction of sp³-hybridized carbons (Fsp3) is 0.389. The van der Waals surface area contributed by atoms with Crippen LogP contribution in [0, 0.1) is 0 Å². The van der Waals surface area contributed by atoms with Gasteiger partial charge in [0.2, 0.25) is 5.91 Å². The average Bonchev–Trinajstić information content (AvgIpc) is 2.55. The van der Waals surface area contributed by atoms with E-state index in [4.69, 9.17) is 0 Å². The Morgan fingerprint density at radius 3 is 2.57 bits per heavy atom. The predicted molar refractivity (Wildman–Crippen MR) is 87.5 cm³/mol. The number of likely N-dealkylation sites (tertiary alicyclic amines) is 1. The third-order valence-corrected chi connectivity index (χ3v) is 4.37. The zero-order valence-corrected chi connectivity index (χ0v) is 12.5. The lowest BCUT2D eigenvalue weighted by molar-refractivity contribution is -0.121. The molecule has 0 radical (unpaired) electrons. The number of nitrogens with one attached hydrogen (secondary N) is 1. The number of hydrogen-bond acceptors (Lipinski definition) is 2. The van der Waals surface area contributed by atoms with E-state index in [0.29, 0.717) is 0 Å². The molecule has 1 saturated heterocycles. The maximum atomic E-state index is 12.5. The summed E-state index contributed by atoms with van der Waals surface area (Å²) in [5, 5.41) is 5.35. The first-order chi connectivity index (χ1) is 10.3. The van der Waals surface area contributed by atoms with Crippen molar-refractivity contribution in [2.45, 2.75) is 32.2 Å². The van der Waals surface area contributed by atoms with Gasteiger partial charge in [0.1, 0.15) is 0 Å². The summed E-state index contributed by atoms with van der Waals surface area (Å²) in [6.07, 6.45) is 3.69. The zero-order chi connectivity index (χ0) is 14.7. The van der Waals surface area contributed by atoms with Crippen LogP contribution in [0.15, 0.2) is 42.5 Å². The standard InChI is InChI=1S/C18H22N2O/c1-14(20-12-5-2-6-13-20)18(21)19-17-11-7-9-15-8-3-4-10-16(15)17/h3-4,7-11,14H,2,5-6,12-13H2,1H3,(H,19,21). The van der Waals surface area contributed by atoms with Crippen molar-refractivity contribution in [2.75, 3.05) is 18.4 Å². The maximum absolute atomic E-state index is 12.5. The van der Waals surface area contributed by atoms with E-state index in [9.17, 15) is 4.79 Å². The summed E-state index contributed by atoms with van der Waals surface area (Å²) in [7, 11) is 0. The normalized spacial score (nSPS) is 17.6. The molecule has 21 heavy (non-hydrogen) atoms. The number of carbonyl (C=O) groups excluding carboxylic acids is 1. The van der Waals surface area contributed by atoms with E-state index in [1.807, 2.05) is 31.2 Å². The fourth-order valence-electron chi connectivity index (χ4n) is 3.04. The molecule has 0 bridgehead atoms. The highest BCUT2D eigenvalue weighted by Crippen LogP contribution is 2.23. The third-order valence-electron chi connectivity index (χ3n) is 4.37. The van der Waals surface area contributed by atoms with Gasteiger partial charge in [-0.1, -0.05) is 42.8 Å². The summed E-state index contributed by atoms with van der Waals surface area (Å²) in [4.78, 5) is 14.8. The van der Waals surface area contributed by atoms with Crippen LogP contribution >= 0.6 is 0 Å². The predicted octanol–water partition coefficient (Wildman–Crippen LogP) is 3.65. The number of rotatable bonds is 3. The van der Waals surface area contributed by atoms with E-state index in [1.54, 1.807) is 0 Å². The molecule has 0 spiro atoms. The molecular formula is C18H22N2O. The summed E-state index contributed by atoms with van der Waals surface area (Å²) >= 11 is 0. The van der Waals surface area contributed by atoms with Crippen molar-refractivity contribution in [3.05, 3.63) is 42.5 Å². The summed E-state index contributed by atoms with van der Waals surface area (Å²) < 4.78 is 0. The van der Waals surface area contributed by atoms with Gasteiger partial charge in [0, 0.05) is 11.1 Å². The summed E-state index contributed by atoms with van der Waals surface area (Å²) in [5.74, 6) is 0.0910. The summed E-state index contributed by atoms with van der Waals surface area (Å²) in [6, 6.07) is 14.1. The van der Waals surface area contributed by atoms with E-state index >= 15 is 0 Å². The lowest BCUT2D eigenvalue weighted by atomic mass is 10.1. The smallest absolute Gasteiger partial charge is 0.241 e. The molecule has 0 aromatic heterocycles. The molecule has 3 heteroatoms. The van der Waals surface area contributed by atoms with Crippen LogP contribution in [-0.2, 0) is 4.79 Å². The van der Waals surface area contributed by atoms with Crippen molar-refractivity contribution in [3.63, 3.8) is 0 Å². The molecule has 1 N–H and O–H groups in total. The van der Waals surface area contributed by atoms with Gasteiger partial charge in [-0.2, -0.15) is 0 Å². The summed E-state index contributed by atoms with van der Waals surface area (Å²) in [6.45, 7) is 4.07. The van der Waals surface area contributed by atoms with Crippen LogP contribution in [0.25, 0.3) is 10.8 Å². The molecule has 1 fully saturated rings. The number of benzene rings is 2. The molecule has 1 heterocycles. The van der Waals surface area contributed by atoms with E-state index in [2.05, 4.69) is 28.4 Å². The van der Waals surface area contributed by atoms with Crippen molar-refractivity contribution in [1.29, 1.82) is 0 Å². The van der Waals surface area contributed by atoms with Gasteiger partial charge in [0.25, 0.3) is 0 Å². The van der Waals surface area contributed by atoms with E-state index in [0.717, 1.165) is 29.5 Å². The molecule has 1 atom stereocenters. The maximum Gasteiger partial charge on any atom is 0.241 e. The number of amides is 1. The van der Waals surface area contributed by atoms with Crippen molar-refractivity contribution in [1.82, 2.24) is 4.90 Å². The van der Waals surface area contributed by atoms with Crippen molar-refractivity contribution < 1.29 is 4.79 Å². The second-order valence-electron chi connectivity index (χ2n) is 5.79. The number of piperidine rings is 1. The van der Waals surface area contributed by atoms with Crippen molar-refractivity contribution in [3.8, 4) is 0 Å². The molecule has 1 unspecified atom stereocenters. The highest BCUT2D eigenvalue weighted by Gasteiger charge is 2.23. The molecule has 2 aromatic rings. The second kappa shape index (κ2) is 6.27. The molecule has 1 aliphatic heterocycles. The van der Waals surface area contributed by atoms with Crippen LogP contribution in [0.4, 0.5) is 5.69 Å². The Labute approximate surface area is 125 Å². The molecule has 110 valence electrons. The van der Waals surface area contributed by atoms with Gasteiger partial charge < -0.3 is 5.32 Å². The van der Waals surface area contributed by atoms with Gasteiger partial charge in [-0.3, -0.25) is 9.69 Å². The largest absolute Gasteiger partial charge is 0.324 e. The first-order valence-corrected chi connectivity index (χ1v) is 7.78. The van der Waals surface area contributed by atoms with E-state index in [-0.39, 0.29) is 11.9 Å². The van der Waals surface area contributed by atoms with Crippen molar-refractivity contribution in [2.24, 2.45) is 0 Å². The highest BCUT2D eigenvalue weighted by atomic mass is 16.2. The van der Waals surface area contributed by atoms with Crippen molar-refractivity contribution >= 4 is 22.4 Å². The Kier molecular flexibility index (Phi) is 4.20. The Morgan fingerprint density at radius 1 is 1.05 bits per heavy atom. The van der Waals surface area contributed by atoms with Crippen LogP contribution in [0.5, 0.6) is 0 Å². The van der Waals surface area contributed by atoms with E-state index < -0.39 is 0 Å². The first kappa shape index (κ1) is 14.1. The zero-order valence-electron chi connectivity index (χ0n) is 12.5. The Bertz CT molecular complexity index is 627. The van der Waals surface area contributed by atoms with E-state index in [1.165, 1.54) is 19.3 Å². The van der Waals surface area contributed by atoms with Crippen LogP contribution in [0.2, 0.25) is 0 Å². The third kappa shape index (κ3) is 3.08. The molecule has 0 aliphatic carbocycles.